The molecule has 1 aromatic rings. The van der Waals surface area contributed by atoms with Gasteiger partial charge in [0.05, 0.1) is 6.54 Å². The number of rotatable bonds is 5. The minimum atomic E-state index is 0.0860. The van der Waals surface area contributed by atoms with E-state index in [0.717, 1.165) is 5.56 Å². The van der Waals surface area contributed by atoms with Crippen LogP contribution in [0.15, 0.2) is 18.2 Å². The van der Waals surface area contributed by atoms with Crippen molar-refractivity contribution in [2.45, 2.75) is 38.3 Å². The molecular formula is C15H20Cl2N2O. The van der Waals surface area contributed by atoms with Gasteiger partial charge in [-0.3, -0.25) is 4.79 Å². The summed E-state index contributed by atoms with van der Waals surface area (Å²) in [6.07, 6.45) is 4.89. The molecule has 20 heavy (non-hydrogen) atoms. The molecule has 110 valence electrons. The first-order chi connectivity index (χ1) is 9.56. The van der Waals surface area contributed by atoms with E-state index in [4.69, 9.17) is 23.2 Å². The highest BCUT2D eigenvalue weighted by Gasteiger charge is 2.17. The van der Waals surface area contributed by atoms with Crippen LogP contribution in [0.2, 0.25) is 10.0 Å². The minimum absolute atomic E-state index is 0.0860. The van der Waals surface area contributed by atoms with Crippen molar-refractivity contribution in [1.29, 1.82) is 0 Å². The van der Waals surface area contributed by atoms with E-state index in [1.807, 2.05) is 6.07 Å². The molecule has 0 saturated heterocycles. The van der Waals surface area contributed by atoms with Crippen LogP contribution in [0.1, 0.15) is 31.2 Å². The standard InChI is InChI=1S/C15H20Cl2N2O/c1-19(10-11-6-7-12(16)8-14(11)17)15(20)9-18-13-4-2-3-5-13/h6-8,13,18H,2-5,9-10H2,1H3. The fourth-order valence-electron chi connectivity index (χ4n) is 2.49. The summed E-state index contributed by atoms with van der Waals surface area (Å²) >= 11 is 12.0. The van der Waals surface area contributed by atoms with Crippen molar-refractivity contribution >= 4 is 29.1 Å². The van der Waals surface area contributed by atoms with Crippen LogP contribution in [-0.4, -0.2) is 30.4 Å². The summed E-state index contributed by atoms with van der Waals surface area (Å²) in [5, 5.41) is 4.53. The molecule has 1 saturated carbocycles. The Hall–Kier alpha value is -0.770. The van der Waals surface area contributed by atoms with Crippen LogP contribution in [0.25, 0.3) is 0 Å². The van der Waals surface area contributed by atoms with Gasteiger partial charge >= 0.3 is 0 Å². The van der Waals surface area contributed by atoms with E-state index in [-0.39, 0.29) is 5.91 Å². The van der Waals surface area contributed by atoms with Crippen LogP contribution >= 0.6 is 23.2 Å². The molecular weight excluding hydrogens is 295 g/mol. The third kappa shape index (κ3) is 4.37. The molecule has 1 N–H and O–H groups in total. The summed E-state index contributed by atoms with van der Waals surface area (Å²) in [7, 11) is 1.80. The summed E-state index contributed by atoms with van der Waals surface area (Å²) in [4.78, 5) is 13.8. The Morgan fingerprint density at radius 1 is 1.35 bits per heavy atom. The Kier molecular flexibility index (Phi) is 5.70. The maximum Gasteiger partial charge on any atom is 0.236 e. The summed E-state index contributed by atoms with van der Waals surface area (Å²) in [6, 6.07) is 5.86. The van der Waals surface area contributed by atoms with Gasteiger partial charge in [-0.25, -0.2) is 0 Å². The molecule has 0 heterocycles. The van der Waals surface area contributed by atoms with Crippen molar-refractivity contribution in [3.8, 4) is 0 Å². The topological polar surface area (TPSA) is 32.3 Å². The lowest BCUT2D eigenvalue weighted by Crippen LogP contribution is -2.38. The van der Waals surface area contributed by atoms with Crippen LogP contribution in [0.5, 0.6) is 0 Å². The fourth-order valence-corrected chi connectivity index (χ4v) is 2.96. The van der Waals surface area contributed by atoms with Crippen molar-refractivity contribution in [2.24, 2.45) is 0 Å². The smallest absolute Gasteiger partial charge is 0.236 e. The van der Waals surface area contributed by atoms with Crippen LogP contribution in [-0.2, 0) is 11.3 Å². The number of nitrogens with zero attached hydrogens (tertiary/aromatic N) is 1. The van der Waals surface area contributed by atoms with Gasteiger partial charge in [0.25, 0.3) is 0 Å². The predicted molar refractivity (Wildman–Crippen MR) is 83.2 cm³/mol. The highest BCUT2D eigenvalue weighted by atomic mass is 35.5. The molecule has 1 aliphatic rings. The van der Waals surface area contributed by atoms with Gasteiger partial charge in [0, 0.05) is 29.7 Å². The van der Waals surface area contributed by atoms with Crippen molar-refractivity contribution in [3.05, 3.63) is 33.8 Å². The van der Waals surface area contributed by atoms with Crippen molar-refractivity contribution in [3.63, 3.8) is 0 Å². The summed E-state index contributed by atoms with van der Waals surface area (Å²) in [5.41, 5.74) is 0.910. The zero-order valence-corrected chi connectivity index (χ0v) is 13.2. The predicted octanol–water partition coefficient (Wildman–Crippen LogP) is 3.48. The average Bonchev–Trinajstić information content (AvgIpc) is 2.92. The van der Waals surface area contributed by atoms with Crippen LogP contribution < -0.4 is 5.32 Å². The lowest BCUT2D eigenvalue weighted by molar-refractivity contribution is -0.129. The molecule has 1 aromatic carbocycles. The Bertz CT molecular complexity index is 473. The van der Waals surface area contributed by atoms with E-state index in [1.54, 1.807) is 24.1 Å². The maximum atomic E-state index is 12.1. The molecule has 1 amide bonds. The molecule has 0 unspecified atom stereocenters. The Morgan fingerprint density at radius 2 is 2.05 bits per heavy atom. The number of amides is 1. The number of benzene rings is 1. The molecule has 5 heteroatoms. The zero-order chi connectivity index (χ0) is 14.5. The van der Waals surface area contributed by atoms with Gasteiger partial charge in [0.2, 0.25) is 5.91 Å². The Labute approximate surface area is 130 Å². The SMILES string of the molecule is CN(Cc1ccc(Cl)cc1Cl)C(=O)CNC1CCCC1. The van der Waals surface area contributed by atoms with Gasteiger partial charge in [-0.1, -0.05) is 42.1 Å². The molecule has 3 nitrogen and oxygen atoms in total. The van der Waals surface area contributed by atoms with Crippen molar-refractivity contribution in [1.82, 2.24) is 10.2 Å². The molecule has 0 bridgehead atoms. The average molecular weight is 315 g/mol. The fraction of sp³-hybridized carbons (Fsp3) is 0.533. The van der Waals surface area contributed by atoms with E-state index < -0.39 is 0 Å². The second-order valence-corrected chi connectivity index (χ2v) is 6.19. The molecule has 1 aliphatic carbocycles. The number of carbonyl (C=O) groups is 1. The molecule has 2 rings (SSSR count). The monoisotopic (exact) mass is 314 g/mol. The molecule has 0 radical (unpaired) electrons. The zero-order valence-electron chi connectivity index (χ0n) is 11.7. The second-order valence-electron chi connectivity index (χ2n) is 5.35. The first-order valence-electron chi connectivity index (χ1n) is 6.97. The quantitative estimate of drug-likeness (QED) is 0.902. The summed E-state index contributed by atoms with van der Waals surface area (Å²) in [6.45, 7) is 0.896. The Morgan fingerprint density at radius 3 is 2.70 bits per heavy atom. The molecule has 0 aliphatic heterocycles. The van der Waals surface area contributed by atoms with Crippen LogP contribution in [0.3, 0.4) is 0 Å². The highest BCUT2D eigenvalue weighted by Crippen LogP contribution is 2.22. The number of halogens is 2. The van der Waals surface area contributed by atoms with Gasteiger partial charge in [-0.15, -0.1) is 0 Å². The number of hydrogen-bond donors (Lipinski definition) is 1. The second kappa shape index (κ2) is 7.30. The number of likely N-dealkylation sites (N-methyl/N-ethyl adjacent to an activating group) is 1. The van der Waals surface area contributed by atoms with Crippen molar-refractivity contribution in [2.75, 3.05) is 13.6 Å². The van der Waals surface area contributed by atoms with Crippen LogP contribution in [0.4, 0.5) is 0 Å². The van der Waals surface area contributed by atoms with Gasteiger partial charge in [-0.2, -0.15) is 0 Å². The van der Waals surface area contributed by atoms with Crippen LogP contribution in [0, 0.1) is 0 Å². The van der Waals surface area contributed by atoms with E-state index in [9.17, 15) is 4.79 Å². The van der Waals surface area contributed by atoms with E-state index >= 15 is 0 Å². The molecule has 0 atom stereocenters. The van der Waals surface area contributed by atoms with E-state index in [1.165, 1.54) is 25.7 Å². The van der Waals surface area contributed by atoms with Crippen molar-refractivity contribution < 1.29 is 4.79 Å². The van der Waals surface area contributed by atoms with Gasteiger partial charge in [0.1, 0.15) is 0 Å². The third-order valence-electron chi connectivity index (χ3n) is 3.75. The summed E-state index contributed by atoms with van der Waals surface area (Å²) in [5.74, 6) is 0.0860. The minimum Gasteiger partial charge on any atom is -0.340 e. The third-order valence-corrected chi connectivity index (χ3v) is 4.33. The summed E-state index contributed by atoms with van der Waals surface area (Å²) < 4.78 is 0. The van der Waals surface area contributed by atoms with Gasteiger partial charge < -0.3 is 10.2 Å². The number of nitrogens with one attached hydrogen (secondary N) is 1. The first-order valence-corrected chi connectivity index (χ1v) is 7.73. The van der Waals surface area contributed by atoms with Gasteiger partial charge in [-0.05, 0) is 30.5 Å². The molecule has 0 aromatic heterocycles. The van der Waals surface area contributed by atoms with E-state index in [0.29, 0.717) is 29.2 Å². The lowest BCUT2D eigenvalue weighted by Gasteiger charge is -2.20. The largest absolute Gasteiger partial charge is 0.340 e. The molecule has 1 fully saturated rings. The normalized spacial score (nSPS) is 15.6. The lowest BCUT2D eigenvalue weighted by atomic mass is 10.2. The molecule has 0 spiro atoms. The Balaban J connectivity index is 1.83. The van der Waals surface area contributed by atoms with E-state index in [2.05, 4.69) is 5.32 Å². The first kappa shape index (κ1) is 15.6. The highest BCUT2D eigenvalue weighted by molar-refractivity contribution is 6.35. The number of carbonyl (C=O) groups excluding carboxylic acids is 1. The number of hydrogen-bond acceptors (Lipinski definition) is 2. The maximum absolute atomic E-state index is 12.1. The van der Waals surface area contributed by atoms with Gasteiger partial charge in [0.15, 0.2) is 0 Å².